The average molecular weight is 497 g/mol. The first kappa shape index (κ1) is 29.4. The summed E-state index contributed by atoms with van der Waals surface area (Å²) in [5, 5.41) is 27.1. The number of aliphatic hydroxyl groups is 1. The molecule has 10 nitrogen and oxygen atoms in total. The molecule has 5 unspecified atom stereocenters. The van der Waals surface area contributed by atoms with Crippen LogP contribution >= 0.6 is 11.8 Å². The van der Waals surface area contributed by atoms with Gasteiger partial charge in [-0.2, -0.15) is 11.8 Å². The van der Waals surface area contributed by atoms with Gasteiger partial charge in [0.05, 0.1) is 12.1 Å². The predicted octanol–water partition coefficient (Wildman–Crippen LogP) is -0.115. The summed E-state index contributed by atoms with van der Waals surface area (Å²) in [5.41, 5.74) is 6.57. The molecule has 34 heavy (non-hydrogen) atoms. The highest BCUT2D eigenvalue weighted by Gasteiger charge is 2.33. The molecule has 5 atom stereocenters. The molecular weight excluding hydrogens is 460 g/mol. The standard InChI is InChI=1S/C23H36N4O6S/c1-13(2)18(21(30)25-17(23(32)33)12-15-8-6-5-7-9-15)26-22(31)19(14(3)28)27-20(29)16(24)10-11-34-4/h5-9,13-14,16-19,28H,10-12,24H2,1-4H3,(H,25,30)(H,26,31)(H,27,29)(H,32,33). The van der Waals surface area contributed by atoms with E-state index < -0.39 is 59.9 Å². The first-order chi connectivity index (χ1) is 16.0. The molecule has 3 amide bonds. The van der Waals surface area contributed by atoms with Gasteiger partial charge in [-0.25, -0.2) is 4.79 Å². The summed E-state index contributed by atoms with van der Waals surface area (Å²) in [5.74, 6) is -3.00. The third kappa shape index (κ3) is 9.70. The van der Waals surface area contributed by atoms with Crippen molar-refractivity contribution in [1.29, 1.82) is 0 Å². The maximum Gasteiger partial charge on any atom is 0.326 e. The van der Waals surface area contributed by atoms with Crippen LogP contribution < -0.4 is 21.7 Å². The van der Waals surface area contributed by atoms with Crippen LogP contribution in [0.4, 0.5) is 0 Å². The smallest absolute Gasteiger partial charge is 0.326 e. The molecule has 0 fully saturated rings. The largest absolute Gasteiger partial charge is 0.480 e. The molecule has 0 aliphatic rings. The maximum atomic E-state index is 12.9. The van der Waals surface area contributed by atoms with Crippen molar-refractivity contribution in [2.24, 2.45) is 11.7 Å². The Morgan fingerprint density at radius 1 is 0.941 bits per heavy atom. The van der Waals surface area contributed by atoms with E-state index in [0.717, 1.165) is 5.56 Å². The van der Waals surface area contributed by atoms with Gasteiger partial charge in [-0.1, -0.05) is 44.2 Å². The van der Waals surface area contributed by atoms with Gasteiger partial charge in [-0.3, -0.25) is 14.4 Å². The van der Waals surface area contributed by atoms with Gasteiger partial charge in [-0.05, 0) is 36.8 Å². The molecule has 0 bridgehead atoms. The van der Waals surface area contributed by atoms with E-state index in [1.807, 2.05) is 6.26 Å². The number of aliphatic hydroxyl groups excluding tert-OH is 1. The van der Waals surface area contributed by atoms with E-state index in [-0.39, 0.29) is 6.42 Å². The van der Waals surface area contributed by atoms with Gasteiger partial charge >= 0.3 is 5.97 Å². The first-order valence-electron chi connectivity index (χ1n) is 11.1. The molecule has 1 aromatic rings. The predicted molar refractivity (Wildman–Crippen MR) is 131 cm³/mol. The monoisotopic (exact) mass is 496 g/mol. The van der Waals surface area contributed by atoms with Crippen LogP contribution in [0.5, 0.6) is 0 Å². The number of carbonyl (C=O) groups excluding carboxylic acids is 3. The Labute approximate surface area is 204 Å². The molecule has 0 aliphatic heterocycles. The van der Waals surface area contributed by atoms with Crippen LogP contribution in [0.15, 0.2) is 30.3 Å². The third-order valence-electron chi connectivity index (χ3n) is 5.18. The molecule has 1 rings (SSSR count). The van der Waals surface area contributed by atoms with Crippen molar-refractivity contribution < 1.29 is 29.4 Å². The molecular formula is C23H36N4O6S. The summed E-state index contributed by atoms with van der Waals surface area (Å²) in [4.78, 5) is 49.8. The number of carbonyl (C=O) groups is 4. The summed E-state index contributed by atoms with van der Waals surface area (Å²) in [7, 11) is 0. The zero-order chi connectivity index (χ0) is 25.8. The highest BCUT2D eigenvalue weighted by molar-refractivity contribution is 7.98. The van der Waals surface area contributed by atoms with Gasteiger partial charge in [0.25, 0.3) is 0 Å². The van der Waals surface area contributed by atoms with E-state index in [9.17, 15) is 29.4 Å². The molecule has 0 heterocycles. The Balaban J connectivity index is 2.90. The number of hydrogen-bond acceptors (Lipinski definition) is 7. The van der Waals surface area contributed by atoms with E-state index in [1.54, 1.807) is 44.2 Å². The number of aliphatic carboxylic acids is 1. The van der Waals surface area contributed by atoms with Gasteiger partial charge in [0, 0.05) is 6.42 Å². The molecule has 0 radical (unpaired) electrons. The number of carboxylic acids is 1. The van der Waals surface area contributed by atoms with E-state index in [2.05, 4.69) is 16.0 Å². The molecule has 0 spiro atoms. The fourth-order valence-corrected chi connectivity index (χ4v) is 3.62. The van der Waals surface area contributed by atoms with Gasteiger partial charge in [-0.15, -0.1) is 0 Å². The lowest BCUT2D eigenvalue weighted by atomic mass is 10.0. The van der Waals surface area contributed by atoms with Gasteiger partial charge in [0.1, 0.15) is 18.1 Å². The van der Waals surface area contributed by atoms with Crippen LogP contribution in [0.25, 0.3) is 0 Å². The Morgan fingerprint density at radius 2 is 1.50 bits per heavy atom. The van der Waals surface area contributed by atoms with Crippen LogP contribution in [0.1, 0.15) is 32.8 Å². The SMILES string of the molecule is CSCCC(N)C(=O)NC(C(=O)NC(C(=O)NC(Cc1ccccc1)C(=O)O)C(C)C)C(C)O. The normalized spacial score (nSPS) is 15.5. The topological polar surface area (TPSA) is 171 Å². The van der Waals surface area contributed by atoms with Gasteiger partial charge in [0.2, 0.25) is 17.7 Å². The first-order valence-corrected chi connectivity index (χ1v) is 12.5. The fraction of sp³-hybridized carbons (Fsp3) is 0.565. The Hall–Kier alpha value is -2.63. The van der Waals surface area contributed by atoms with Crippen molar-refractivity contribution in [1.82, 2.24) is 16.0 Å². The van der Waals surface area contributed by atoms with Gasteiger partial charge < -0.3 is 31.9 Å². The minimum absolute atomic E-state index is 0.0704. The quantitative estimate of drug-likeness (QED) is 0.207. The molecule has 0 aliphatic carbocycles. The molecule has 1 aromatic carbocycles. The summed E-state index contributed by atoms with van der Waals surface area (Å²) in [6.45, 7) is 4.71. The summed E-state index contributed by atoms with van der Waals surface area (Å²) in [6, 6.07) is 4.38. The Kier molecular flexibility index (Phi) is 12.6. The third-order valence-corrected chi connectivity index (χ3v) is 5.82. The lowest BCUT2D eigenvalue weighted by Crippen LogP contribution is -2.60. The molecule has 0 saturated heterocycles. The summed E-state index contributed by atoms with van der Waals surface area (Å²) >= 11 is 1.53. The van der Waals surface area contributed by atoms with Crippen molar-refractivity contribution in [2.45, 2.75) is 63.9 Å². The second kappa shape index (κ2) is 14.6. The number of rotatable bonds is 14. The van der Waals surface area contributed by atoms with Crippen LogP contribution in [0.2, 0.25) is 0 Å². The van der Waals surface area contributed by atoms with Gasteiger partial charge in [0.15, 0.2) is 0 Å². The summed E-state index contributed by atoms with van der Waals surface area (Å²) in [6.07, 6.45) is 1.09. The summed E-state index contributed by atoms with van der Waals surface area (Å²) < 4.78 is 0. The lowest BCUT2D eigenvalue weighted by molar-refractivity contribution is -0.142. The number of carboxylic acid groups (broad SMARTS) is 1. The van der Waals surface area contributed by atoms with Crippen molar-refractivity contribution >= 4 is 35.5 Å². The van der Waals surface area contributed by atoms with Crippen LogP contribution in [-0.2, 0) is 25.6 Å². The van der Waals surface area contributed by atoms with E-state index in [4.69, 9.17) is 5.73 Å². The number of benzene rings is 1. The molecule has 7 N–H and O–H groups in total. The number of hydrogen-bond donors (Lipinski definition) is 6. The van der Waals surface area contributed by atoms with Crippen molar-refractivity contribution in [3.8, 4) is 0 Å². The average Bonchev–Trinajstić information content (AvgIpc) is 2.78. The number of nitrogens with one attached hydrogen (secondary N) is 3. The maximum absolute atomic E-state index is 12.9. The second-order valence-corrected chi connectivity index (χ2v) is 9.42. The lowest BCUT2D eigenvalue weighted by Gasteiger charge is -2.28. The Bertz CT molecular complexity index is 821. The minimum Gasteiger partial charge on any atom is -0.480 e. The number of amides is 3. The van der Waals surface area contributed by atoms with Crippen molar-refractivity contribution in [3.63, 3.8) is 0 Å². The minimum atomic E-state index is -1.33. The second-order valence-electron chi connectivity index (χ2n) is 8.43. The number of thioether (sulfide) groups is 1. The van der Waals surface area contributed by atoms with Crippen LogP contribution in [-0.4, -0.2) is 76.2 Å². The van der Waals surface area contributed by atoms with Crippen LogP contribution in [0, 0.1) is 5.92 Å². The number of nitrogens with two attached hydrogens (primary N) is 1. The Morgan fingerprint density at radius 3 is 2.00 bits per heavy atom. The zero-order valence-electron chi connectivity index (χ0n) is 20.0. The van der Waals surface area contributed by atoms with Crippen LogP contribution in [0.3, 0.4) is 0 Å². The van der Waals surface area contributed by atoms with Crippen molar-refractivity contribution in [2.75, 3.05) is 12.0 Å². The highest BCUT2D eigenvalue weighted by atomic mass is 32.2. The highest BCUT2D eigenvalue weighted by Crippen LogP contribution is 2.08. The van der Waals surface area contributed by atoms with Crippen molar-refractivity contribution in [3.05, 3.63) is 35.9 Å². The van der Waals surface area contributed by atoms with E-state index in [0.29, 0.717) is 12.2 Å². The zero-order valence-corrected chi connectivity index (χ0v) is 20.8. The van der Waals surface area contributed by atoms with E-state index in [1.165, 1.54) is 18.7 Å². The van der Waals surface area contributed by atoms with E-state index >= 15 is 0 Å². The molecule has 11 heteroatoms. The molecule has 0 saturated carbocycles. The molecule has 190 valence electrons. The fourth-order valence-electron chi connectivity index (χ4n) is 3.13. The molecule has 0 aromatic heterocycles.